The van der Waals surface area contributed by atoms with E-state index in [2.05, 4.69) is 5.32 Å². The normalized spacial score (nSPS) is 25.6. The standard InChI is InChI=1S/C14H29N3O3/c1-13(2,3)20-12(18)17-11(9-15)8-14(16)6-4-5-7-19-10-14/h11H,4-10,15-16H2,1-3H3,(H,17,18)/t11-,14-/m0/s1. The van der Waals surface area contributed by atoms with E-state index in [0.717, 1.165) is 25.9 Å². The maximum atomic E-state index is 11.8. The summed E-state index contributed by atoms with van der Waals surface area (Å²) in [5.41, 5.74) is 11.2. The first kappa shape index (κ1) is 17.2. The van der Waals surface area contributed by atoms with Crippen LogP contribution in [-0.2, 0) is 9.47 Å². The number of nitrogens with one attached hydrogen (secondary N) is 1. The van der Waals surface area contributed by atoms with Gasteiger partial charge in [-0.3, -0.25) is 0 Å². The van der Waals surface area contributed by atoms with Crippen molar-refractivity contribution in [3.63, 3.8) is 0 Å². The zero-order valence-electron chi connectivity index (χ0n) is 12.9. The van der Waals surface area contributed by atoms with Gasteiger partial charge in [0.05, 0.1) is 6.61 Å². The summed E-state index contributed by atoms with van der Waals surface area (Å²) in [6.07, 6.45) is 3.11. The molecule has 118 valence electrons. The maximum absolute atomic E-state index is 11.8. The van der Waals surface area contributed by atoms with E-state index in [-0.39, 0.29) is 6.04 Å². The first-order valence-corrected chi connectivity index (χ1v) is 7.30. The van der Waals surface area contributed by atoms with Gasteiger partial charge in [0, 0.05) is 24.7 Å². The van der Waals surface area contributed by atoms with Gasteiger partial charge >= 0.3 is 6.09 Å². The number of hydrogen-bond donors (Lipinski definition) is 3. The molecular weight excluding hydrogens is 258 g/mol. The van der Waals surface area contributed by atoms with Crippen LogP contribution in [0.3, 0.4) is 0 Å². The Morgan fingerprint density at radius 1 is 1.45 bits per heavy atom. The fourth-order valence-electron chi connectivity index (χ4n) is 2.35. The van der Waals surface area contributed by atoms with Gasteiger partial charge in [0.2, 0.25) is 0 Å². The average Bonchev–Trinajstić information content (AvgIpc) is 2.50. The number of amides is 1. The van der Waals surface area contributed by atoms with Crippen LogP contribution in [0.1, 0.15) is 46.5 Å². The Morgan fingerprint density at radius 2 is 2.15 bits per heavy atom. The molecule has 0 aromatic rings. The average molecular weight is 287 g/mol. The van der Waals surface area contributed by atoms with Gasteiger partial charge in [-0.05, 0) is 46.5 Å². The molecule has 6 nitrogen and oxygen atoms in total. The highest BCUT2D eigenvalue weighted by molar-refractivity contribution is 5.68. The first-order valence-electron chi connectivity index (χ1n) is 7.30. The Labute approximate surface area is 121 Å². The van der Waals surface area contributed by atoms with Crippen LogP contribution in [0.5, 0.6) is 0 Å². The Bertz CT molecular complexity index is 307. The number of hydrogen-bond acceptors (Lipinski definition) is 5. The minimum Gasteiger partial charge on any atom is -0.444 e. The van der Waals surface area contributed by atoms with Crippen molar-refractivity contribution in [3.05, 3.63) is 0 Å². The molecule has 1 saturated heterocycles. The minimum absolute atomic E-state index is 0.198. The van der Waals surface area contributed by atoms with E-state index in [0.29, 0.717) is 19.6 Å². The van der Waals surface area contributed by atoms with Crippen molar-refractivity contribution in [1.29, 1.82) is 0 Å². The van der Waals surface area contributed by atoms with E-state index < -0.39 is 17.2 Å². The quantitative estimate of drug-likeness (QED) is 0.719. The predicted molar refractivity (Wildman–Crippen MR) is 78.4 cm³/mol. The van der Waals surface area contributed by atoms with E-state index in [9.17, 15) is 4.79 Å². The van der Waals surface area contributed by atoms with Crippen molar-refractivity contribution >= 4 is 6.09 Å². The second-order valence-electron chi connectivity index (χ2n) is 6.66. The Kier molecular flexibility index (Phi) is 6.23. The molecule has 0 aliphatic carbocycles. The van der Waals surface area contributed by atoms with Crippen LogP contribution in [0.2, 0.25) is 0 Å². The zero-order chi connectivity index (χ0) is 15.2. The van der Waals surface area contributed by atoms with E-state index in [1.54, 1.807) is 0 Å². The van der Waals surface area contributed by atoms with Crippen LogP contribution < -0.4 is 16.8 Å². The summed E-state index contributed by atoms with van der Waals surface area (Å²) in [6, 6.07) is -0.198. The molecule has 2 atom stereocenters. The maximum Gasteiger partial charge on any atom is 0.407 e. The summed E-state index contributed by atoms with van der Waals surface area (Å²) in [4.78, 5) is 11.8. The Balaban J connectivity index is 2.51. The molecular formula is C14H29N3O3. The fraction of sp³-hybridized carbons (Fsp3) is 0.929. The van der Waals surface area contributed by atoms with Crippen LogP contribution in [0.15, 0.2) is 0 Å². The van der Waals surface area contributed by atoms with Crippen molar-refractivity contribution < 1.29 is 14.3 Å². The molecule has 0 aromatic heterocycles. The van der Waals surface area contributed by atoms with Gasteiger partial charge in [-0.15, -0.1) is 0 Å². The molecule has 1 aliphatic rings. The van der Waals surface area contributed by atoms with Gasteiger partial charge in [-0.1, -0.05) is 0 Å². The van der Waals surface area contributed by atoms with E-state index in [4.69, 9.17) is 20.9 Å². The van der Waals surface area contributed by atoms with Crippen molar-refractivity contribution in [1.82, 2.24) is 5.32 Å². The minimum atomic E-state index is -0.519. The predicted octanol–water partition coefficient (Wildman–Crippen LogP) is 1.13. The van der Waals surface area contributed by atoms with Gasteiger partial charge in [0.15, 0.2) is 0 Å². The molecule has 0 spiro atoms. The Hall–Kier alpha value is -0.850. The van der Waals surface area contributed by atoms with Crippen LogP contribution in [0.25, 0.3) is 0 Å². The molecule has 0 bridgehead atoms. The molecule has 0 saturated carbocycles. The molecule has 0 aromatic carbocycles. The van der Waals surface area contributed by atoms with Crippen molar-refractivity contribution in [3.8, 4) is 0 Å². The largest absolute Gasteiger partial charge is 0.444 e. The highest BCUT2D eigenvalue weighted by Crippen LogP contribution is 2.21. The number of nitrogens with two attached hydrogens (primary N) is 2. The molecule has 0 radical (unpaired) electrons. The number of ether oxygens (including phenoxy) is 2. The van der Waals surface area contributed by atoms with Gasteiger partial charge in [0.1, 0.15) is 5.60 Å². The van der Waals surface area contributed by atoms with E-state index in [1.807, 2.05) is 20.8 Å². The van der Waals surface area contributed by atoms with Gasteiger partial charge in [-0.25, -0.2) is 4.79 Å². The van der Waals surface area contributed by atoms with Crippen LogP contribution in [0.4, 0.5) is 4.79 Å². The molecule has 1 fully saturated rings. The number of rotatable bonds is 4. The molecule has 6 heteroatoms. The lowest BCUT2D eigenvalue weighted by atomic mass is 9.88. The molecule has 20 heavy (non-hydrogen) atoms. The zero-order valence-corrected chi connectivity index (χ0v) is 12.9. The van der Waals surface area contributed by atoms with Crippen LogP contribution in [-0.4, -0.2) is 43.0 Å². The van der Waals surface area contributed by atoms with E-state index in [1.165, 1.54) is 0 Å². The molecule has 5 N–H and O–H groups in total. The van der Waals surface area contributed by atoms with Gasteiger partial charge in [0.25, 0.3) is 0 Å². The van der Waals surface area contributed by atoms with Gasteiger partial charge < -0.3 is 26.3 Å². The molecule has 1 amide bonds. The number of carbonyl (C=O) groups is 1. The summed E-state index contributed by atoms with van der Waals surface area (Å²) in [5, 5.41) is 2.79. The number of alkyl carbamates (subject to hydrolysis) is 1. The van der Waals surface area contributed by atoms with Crippen molar-refractivity contribution in [2.45, 2.75) is 63.6 Å². The summed E-state index contributed by atoms with van der Waals surface area (Å²) >= 11 is 0. The lowest BCUT2D eigenvalue weighted by Crippen LogP contribution is -2.53. The second-order valence-corrected chi connectivity index (χ2v) is 6.66. The third-order valence-electron chi connectivity index (χ3n) is 3.26. The van der Waals surface area contributed by atoms with Crippen LogP contribution in [0, 0.1) is 0 Å². The molecule has 1 aliphatic heterocycles. The monoisotopic (exact) mass is 287 g/mol. The molecule has 1 rings (SSSR count). The van der Waals surface area contributed by atoms with Crippen molar-refractivity contribution in [2.75, 3.05) is 19.8 Å². The SMILES string of the molecule is CC(C)(C)OC(=O)N[C@H](CN)C[C@@]1(N)CCCCOC1. The second kappa shape index (κ2) is 7.24. The highest BCUT2D eigenvalue weighted by Gasteiger charge is 2.31. The lowest BCUT2D eigenvalue weighted by molar-refractivity contribution is 0.0480. The third kappa shape index (κ3) is 6.54. The van der Waals surface area contributed by atoms with Crippen LogP contribution >= 0.6 is 0 Å². The van der Waals surface area contributed by atoms with Gasteiger partial charge in [-0.2, -0.15) is 0 Å². The smallest absolute Gasteiger partial charge is 0.407 e. The summed E-state index contributed by atoms with van der Waals surface area (Å²) in [6.45, 7) is 7.08. The Morgan fingerprint density at radius 3 is 2.75 bits per heavy atom. The third-order valence-corrected chi connectivity index (χ3v) is 3.26. The summed E-state index contributed by atoms with van der Waals surface area (Å²) in [5.74, 6) is 0. The topological polar surface area (TPSA) is 99.6 Å². The van der Waals surface area contributed by atoms with E-state index >= 15 is 0 Å². The number of carbonyl (C=O) groups excluding carboxylic acids is 1. The highest BCUT2D eigenvalue weighted by atomic mass is 16.6. The summed E-state index contributed by atoms with van der Waals surface area (Å²) in [7, 11) is 0. The lowest BCUT2D eigenvalue weighted by Gasteiger charge is -2.32. The fourth-order valence-corrected chi connectivity index (χ4v) is 2.35. The first-order chi connectivity index (χ1) is 9.24. The summed E-state index contributed by atoms with van der Waals surface area (Å²) < 4.78 is 10.8. The molecule has 1 heterocycles. The van der Waals surface area contributed by atoms with Crippen molar-refractivity contribution in [2.24, 2.45) is 11.5 Å². The molecule has 0 unspecified atom stereocenters.